The quantitative estimate of drug-likeness (QED) is 0.326. The molecule has 0 amide bonds. The van der Waals surface area contributed by atoms with Crippen LogP contribution >= 0.6 is 0 Å². The zero-order chi connectivity index (χ0) is 11.7. The topological polar surface area (TPSA) is 9.23 Å². The Kier molecular flexibility index (Phi) is 7.71. The number of quaternary nitrogens is 1. The van der Waals surface area contributed by atoms with E-state index in [2.05, 4.69) is 34.6 Å². The summed E-state index contributed by atoms with van der Waals surface area (Å²) in [5.74, 6) is 0. The van der Waals surface area contributed by atoms with Gasteiger partial charge in [0.1, 0.15) is 12.6 Å². The maximum atomic E-state index is 5.87. The third-order valence-electron chi connectivity index (χ3n) is 2.28. The minimum absolute atomic E-state index is 0.333. The van der Waals surface area contributed by atoms with E-state index >= 15 is 0 Å². The molecule has 90 valence electrons. The van der Waals surface area contributed by atoms with Crippen molar-refractivity contribution in [3.8, 4) is 0 Å². The Bertz CT molecular complexity index is 160. The molecule has 0 spiro atoms. The molecule has 0 rings (SSSR count). The average molecular weight is 214 g/mol. The van der Waals surface area contributed by atoms with E-state index in [0.717, 1.165) is 24.1 Å². The van der Waals surface area contributed by atoms with E-state index in [9.17, 15) is 0 Å². The van der Waals surface area contributed by atoms with Gasteiger partial charge in [-0.3, -0.25) is 0 Å². The van der Waals surface area contributed by atoms with Crippen molar-refractivity contribution < 1.29 is 9.22 Å². The number of rotatable bonds is 9. The molecule has 0 saturated heterocycles. The molecule has 0 aliphatic heterocycles. The predicted molar refractivity (Wildman–Crippen MR) is 67.0 cm³/mol. The van der Waals surface area contributed by atoms with Crippen molar-refractivity contribution in [1.29, 1.82) is 0 Å². The molecule has 2 nitrogen and oxygen atoms in total. The van der Waals surface area contributed by atoms with Crippen molar-refractivity contribution in [3.05, 3.63) is 12.7 Å². The van der Waals surface area contributed by atoms with Gasteiger partial charge in [-0.25, -0.2) is 0 Å². The number of ether oxygens (including phenoxy) is 1. The van der Waals surface area contributed by atoms with E-state index < -0.39 is 0 Å². The first kappa shape index (κ1) is 14.7. The van der Waals surface area contributed by atoms with Crippen LogP contribution in [-0.4, -0.2) is 44.9 Å². The Morgan fingerprint density at radius 1 is 1.27 bits per heavy atom. The van der Waals surface area contributed by atoms with Crippen molar-refractivity contribution in [2.24, 2.45) is 0 Å². The van der Waals surface area contributed by atoms with Gasteiger partial charge in [0, 0.05) is 6.61 Å². The van der Waals surface area contributed by atoms with Crippen LogP contribution in [0.1, 0.15) is 32.6 Å². The highest BCUT2D eigenvalue weighted by atomic mass is 16.5. The summed E-state index contributed by atoms with van der Waals surface area (Å²) >= 11 is 0. The maximum absolute atomic E-state index is 5.87. The summed E-state index contributed by atoms with van der Waals surface area (Å²) in [6.07, 6.45) is 6.96. The second-order valence-electron chi connectivity index (χ2n) is 5.20. The lowest BCUT2D eigenvalue weighted by Crippen LogP contribution is -2.42. The second-order valence-corrected chi connectivity index (χ2v) is 5.20. The van der Waals surface area contributed by atoms with Crippen LogP contribution in [0.4, 0.5) is 0 Å². The van der Waals surface area contributed by atoms with Gasteiger partial charge in [0.15, 0.2) is 0 Å². The van der Waals surface area contributed by atoms with Crippen molar-refractivity contribution in [3.63, 3.8) is 0 Å². The predicted octanol–water partition coefficient (Wildman–Crippen LogP) is 2.84. The molecule has 0 heterocycles. The van der Waals surface area contributed by atoms with Gasteiger partial charge in [0.2, 0.25) is 0 Å². The first-order valence-electron chi connectivity index (χ1n) is 6.02. The van der Waals surface area contributed by atoms with E-state index in [0.29, 0.717) is 6.10 Å². The van der Waals surface area contributed by atoms with Crippen LogP contribution in [0.2, 0.25) is 0 Å². The number of hydrogen-bond acceptors (Lipinski definition) is 1. The van der Waals surface area contributed by atoms with Crippen molar-refractivity contribution in [1.82, 2.24) is 0 Å². The van der Waals surface area contributed by atoms with E-state index in [4.69, 9.17) is 4.74 Å². The highest BCUT2D eigenvalue weighted by Crippen LogP contribution is 2.06. The summed E-state index contributed by atoms with van der Waals surface area (Å²) in [6.45, 7) is 7.95. The fraction of sp³-hybridized carbons (Fsp3) is 0.846. The van der Waals surface area contributed by atoms with Crippen LogP contribution in [0.15, 0.2) is 12.7 Å². The van der Waals surface area contributed by atoms with Gasteiger partial charge >= 0.3 is 0 Å². The fourth-order valence-corrected chi connectivity index (χ4v) is 1.59. The van der Waals surface area contributed by atoms with Crippen molar-refractivity contribution in [2.45, 2.75) is 38.7 Å². The molecule has 0 bridgehead atoms. The number of nitrogens with zero attached hydrogens (tertiary/aromatic N) is 1. The fourth-order valence-electron chi connectivity index (χ4n) is 1.59. The normalized spacial score (nSPS) is 13.9. The zero-order valence-corrected chi connectivity index (χ0v) is 11.0. The largest absolute Gasteiger partial charge is 0.372 e. The number of likely N-dealkylation sites (N-methyl/N-ethyl adjacent to an activating group) is 1. The van der Waals surface area contributed by atoms with Gasteiger partial charge in [-0.15, -0.1) is 6.58 Å². The minimum atomic E-state index is 0.333. The summed E-state index contributed by atoms with van der Waals surface area (Å²) in [4.78, 5) is 0. The van der Waals surface area contributed by atoms with E-state index in [-0.39, 0.29) is 0 Å². The Hall–Kier alpha value is -0.340. The van der Waals surface area contributed by atoms with Gasteiger partial charge < -0.3 is 9.22 Å². The Morgan fingerprint density at radius 2 is 1.93 bits per heavy atom. The van der Waals surface area contributed by atoms with Gasteiger partial charge in [0.05, 0.1) is 21.1 Å². The average Bonchev–Trinajstić information content (AvgIpc) is 2.10. The van der Waals surface area contributed by atoms with Crippen LogP contribution < -0.4 is 0 Å². The molecule has 0 aromatic carbocycles. The molecular formula is C13H28NO+. The molecule has 0 radical (unpaired) electrons. The lowest BCUT2D eigenvalue weighted by atomic mass is 10.2. The Morgan fingerprint density at radius 3 is 2.40 bits per heavy atom. The lowest BCUT2D eigenvalue weighted by Gasteiger charge is -2.28. The van der Waals surface area contributed by atoms with Gasteiger partial charge in [0.25, 0.3) is 0 Å². The van der Waals surface area contributed by atoms with Crippen LogP contribution in [0.25, 0.3) is 0 Å². The molecule has 0 aromatic heterocycles. The van der Waals surface area contributed by atoms with Gasteiger partial charge in [-0.1, -0.05) is 25.8 Å². The van der Waals surface area contributed by atoms with Crippen LogP contribution in [0.3, 0.4) is 0 Å². The first-order chi connectivity index (χ1) is 6.99. The molecule has 0 fully saturated rings. The highest BCUT2D eigenvalue weighted by Gasteiger charge is 2.16. The summed E-state index contributed by atoms with van der Waals surface area (Å²) in [5.41, 5.74) is 0. The maximum Gasteiger partial charge on any atom is 0.110 e. The lowest BCUT2D eigenvalue weighted by molar-refractivity contribution is -0.873. The zero-order valence-electron chi connectivity index (χ0n) is 11.0. The van der Waals surface area contributed by atoms with E-state index in [1.54, 1.807) is 0 Å². The smallest absolute Gasteiger partial charge is 0.110 e. The summed E-state index contributed by atoms with van der Waals surface area (Å²) < 4.78 is 6.82. The molecule has 1 unspecified atom stereocenters. The second kappa shape index (κ2) is 7.89. The van der Waals surface area contributed by atoms with Crippen LogP contribution in [-0.2, 0) is 4.74 Å². The highest BCUT2D eigenvalue weighted by molar-refractivity contribution is 4.73. The van der Waals surface area contributed by atoms with Crippen LogP contribution in [0.5, 0.6) is 0 Å². The first-order valence-corrected chi connectivity index (χ1v) is 6.02. The van der Waals surface area contributed by atoms with Gasteiger partial charge in [-0.05, 0) is 12.8 Å². The molecular weight excluding hydrogens is 186 g/mol. The summed E-state index contributed by atoms with van der Waals surface area (Å²) in [7, 11) is 6.60. The third kappa shape index (κ3) is 9.95. The van der Waals surface area contributed by atoms with E-state index in [1.165, 1.54) is 19.3 Å². The van der Waals surface area contributed by atoms with Crippen LogP contribution in [0, 0.1) is 0 Å². The summed E-state index contributed by atoms with van der Waals surface area (Å²) in [6, 6.07) is 0. The van der Waals surface area contributed by atoms with Gasteiger partial charge in [-0.2, -0.15) is 0 Å². The SMILES string of the molecule is C=CCC(C[N+](C)(C)C)OCCCCC. The summed E-state index contributed by atoms with van der Waals surface area (Å²) in [5, 5.41) is 0. The molecule has 0 saturated carbocycles. The minimum Gasteiger partial charge on any atom is -0.372 e. The number of unbranched alkanes of at least 4 members (excludes halogenated alkanes) is 2. The molecule has 0 aromatic rings. The van der Waals surface area contributed by atoms with Crippen molar-refractivity contribution >= 4 is 0 Å². The Balaban J connectivity index is 3.78. The number of hydrogen-bond donors (Lipinski definition) is 0. The molecule has 15 heavy (non-hydrogen) atoms. The molecule has 2 heteroatoms. The van der Waals surface area contributed by atoms with E-state index in [1.807, 2.05) is 6.08 Å². The standard InChI is InChI=1S/C13H28NO/c1-6-8-9-11-15-13(10-7-2)12-14(3,4)5/h7,13H,2,6,8-12H2,1,3-5H3/q+1. The van der Waals surface area contributed by atoms with Crippen molar-refractivity contribution in [2.75, 3.05) is 34.3 Å². The molecule has 0 aliphatic rings. The Labute approximate surface area is 95.5 Å². The molecule has 0 aliphatic carbocycles. The molecule has 1 atom stereocenters. The third-order valence-corrected chi connectivity index (χ3v) is 2.28. The molecule has 0 N–H and O–H groups in total. The monoisotopic (exact) mass is 214 g/mol.